The lowest BCUT2D eigenvalue weighted by molar-refractivity contribution is -0.122. The summed E-state index contributed by atoms with van der Waals surface area (Å²) in [6.07, 6.45) is 3.46. The quantitative estimate of drug-likeness (QED) is 0.808. The Morgan fingerprint density at radius 3 is 2.33 bits per heavy atom. The molecule has 1 saturated heterocycles. The first-order valence-corrected chi connectivity index (χ1v) is 8.35. The predicted octanol–water partition coefficient (Wildman–Crippen LogP) is 0.820. The Labute approximate surface area is 110 Å². The van der Waals surface area contributed by atoms with Crippen LogP contribution >= 0.6 is 0 Å². The maximum Gasteiger partial charge on any atom is 0.220 e. The van der Waals surface area contributed by atoms with E-state index >= 15 is 0 Å². The Bertz CT molecular complexity index is 371. The van der Waals surface area contributed by atoms with Crippen molar-refractivity contribution < 1.29 is 13.2 Å². The molecule has 0 aromatic heterocycles. The fraction of sp³-hybridized carbons (Fsp3) is 0.917. The van der Waals surface area contributed by atoms with Crippen molar-refractivity contribution in [3.63, 3.8) is 0 Å². The first kappa shape index (κ1) is 15.4. The summed E-state index contributed by atoms with van der Waals surface area (Å²) < 4.78 is 24.2. The van der Waals surface area contributed by atoms with Gasteiger partial charge in [-0.25, -0.2) is 12.7 Å². The van der Waals surface area contributed by atoms with Gasteiger partial charge < -0.3 is 5.32 Å². The van der Waals surface area contributed by atoms with E-state index in [9.17, 15) is 13.2 Å². The number of nitrogens with zero attached hydrogens (tertiary/aromatic N) is 1. The van der Waals surface area contributed by atoms with E-state index in [0.717, 1.165) is 12.8 Å². The minimum Gasteiger partial charge on any atom is -0.356 e. The van der Waals surface area contributed by atoms with Crippen LogP contribution in [0.3, 0.4) is 0 Å². The van der Waals surface area contributed by atoms with Gasteiger partial charge in [-0.1, -0.05) is 13.8 Å². The molecule has 0 spiro atoms. The van der Waals surface area contributed by atoms with Crippen LogP contribution in [0.15, 0.2) is 0 Å². The SMILES string of the molecule is CC(C)CC(=O)NCC1CCN(S(C)(=O)=O)CC1. The topological polar surface area (TPSA) is 66.5 Å². The van der Waals surface area contributed by atoms with E-state index < -0.39 is 10.0 Å². The number of carbonyl (C=O) groups is 1. The van der Waals surface area contributed by atoms with Crippen LogP contribution in [0, 0.1) is 11.8 Å². The summed E-state index contributed by atoms with van der Waals surface area (Å²) >= 11 is 0. The zero-order valence-corrected chi connectivity index (χ0v) is 12.3. The Hall–Kier alpha value is -0.620. The maximum atomic E-state index is 11.5. The van der Waals surface area contributed by atoms with Gasteiger partial charge in [0, 0.05) is 26.1 Å². The lowest BCUT2D eigenvalue weighted by atomic mass is 9.98. The number of nitrogens with one attached hydrogen (secondary N) is 1. The highest BCUT2D eigenvalue weighted by Crippen LogP contribution is 2.18. The summed E-state index contributed by atoms with van der Waals surface area (Å²) in [4.78, 5) is 11.5. The molecule has 1 aliphatic rings. The molecular formula is C12H24N2O3S. The minimum atomic E-state index is -3.05. The van der Waals surface area contributed by atoms with E-state index in [2.05, 4.69) is 5.32 Å². The highest BCUT2D eigenvalue weighted by Gasteiger charge is 2.24. The average Bonchev–Trinajstić information content (AvgIpc) is 2.25. The van der Waals surface area contributed by atoms with Gasteiger partial charge in [0.05, 0.1) is 6.26 Å². The number of rotatable bonds is 5. The molecule has 0 atom stereocenters. The summed E-state index contributed by atoms with van der Waals surface area (Å²) in [5, 5.41) is 2.93. The van der Waals surface area contributed by atoms with Gasteiger partial charge in [0.15, 0.2) is 0 Å². The van der Waals surface area contributed by atoms with Gasteiger partial charge in [-0.2, -0.15) is 0 Å². The zero-order chi connectivity index (χ0) is 13.8. The summed E-state index contributed by atoms with van der Waals surface area (Å²) in [5.74, 6) is 0.867. The molecule has 0 unspecified atom stereocenters. The number of hydrogen-bond donors (Lipinski definition) is 1. The van der Waals surface area contributed by atoms with Crippen LogP contribution < -0.4 is 5.32 Å². The molecule has 106 valence electrons. The van der Waals surface area contributed by atoms with Gasteiger partial charge in [0.2, 0.25) is 15.9 Å². The first-order chi connectivity index (χ1) is 8.29. The van der Waals surface area contributed by atoms with Crippen LogP contribution in [0.5, 0.6) is 0 Å². The van der Waals surface area contributed by atoms with Crippen molar-refractivity contribution in [1.82, 2.24) is 9.62 Å². The maximum absolute atomic E-state index is 11.5. The monoisotopic (exact) mass is 276 g/mol. The molecule has 0 aromatic carbocycles. The van der Waals surface area contributed by atoms with Crippen LogP contribution in [0.25, 0.3) is 0 Å². The smallest absolute Gasteiger partial charge is 0.220 e. The molecular weight excluding hydrogens is 252 g/mol. The Morgan fingerprint density at radius 1 is 1.33 bits per heavy atom. The van der Waals surface area contributed by atoms with Crippen molar-refractivity contribution in [2.24, 2.45) is 11.8 Å². The summed E-state index contributed by atoms with van der Waals surface area (Å²) in [7, 11) is -3.05. The molecule has 0 saturated carbocycles. The van der Waals surface area contributed by atoms with Crippen LogP contribution in [-0.2, 0) is 14.8 Å². The highest BCUT2D eigenvalue weighted by atomic mass is 32.2. The number of hydrogen-bond acceptors (Lipinski definition) is 3. The highest BCUT2D eigenvalue weighted by molar-refractivity contribution is 7.88. The summed E-state index contributed by atoms with van der Waals surface area (Å²) in [6, 6.07) is 0. The number of carbonyl (C=O) groups excluding carboxylic acids is 1. The molecule has 5 nitrogen and oxygen atoms in total. The van der Waals surface area contributed by atoms with Crippen molar-refractivity contribution in [1.29, 1.82) is 0 Å². The first-order valence-electron chi connectivity index (χ1n) is 6.51. The van der Waals surface area contributed by atoms with Crippen LogP contribution in [0.2, 0.25) is 0 Å². The third-order valence-electron chi connectivity index (χ3n) is 3.22. The lowest BCUT2D eigenvalue weighted by Crippen LogP contribution is -2.41. The Balaban J connectivity index is 2.26. The minimum absolute atomic E-state index is 0.0931. The molecule has 0 aliphatic carbocycles. The molecule has 1 rings (SSSR count). The second-order valence-corrected chi connectivity index (χ2v) is 7.49. The molecule has 0 radical (unpaired) electrons. The van der Waals surface area contributed by atoms with E-state index in [4.69, 9.17) is 0 Å². The second kappa shape index (κ2) is 6.52. The second-order valence-electron chi connectivity index (χ2n) is 5.51. The molecule has 1 heterocycles. The molecule has 1 N–H and O–H groups in total. The van der Waals surface area contributed by atoms with Gasteiger partial charge in [-0.15, -0.1) is 0 Å². The molecule has 0 bridgehead atoms. The van der Waals surface area contributed by atoms with E-state index in [1.165, 1.54) is 10.6 Å². The van der Waals surface area contributed by atoms with Gasteiger partial charge >= 0.3 is 0 Å². The summed E-state index contributed by atoms with van der Waals surface area (Å²) in [6.45, 7) is 5.85. The average molecular weight is 276 g/mol. The number of piperidine rings is 1. The fourth-order valence-corrected chi connectivity index (χ4v) is 3.02. The van der Waals surface area contributed by atoms with Gasteiger partial charge in [0.1, 0.15) is 0 Å². The lowest BCUT2D eigenvalue weighted by Gasteiger charge is -2.30. The van der Waals surface area contributed by atoms with Crippen molar-refractivity contribution in [3.8, 4) is 0 Å². The van der Waals surface area contributed by atoms with Crippen LogP contribution in [-0.4, -0.2) is 44.5 Å². The van der Waals surface area contributed by atoms with Crippen molar-refractivity contribution in [2.75, 3.05) is 25.9 Å². The third-order valence-corrected chi connectivity index (χ3v) is 4.53. The molecule has 18 heavy (non-hydrogen) atoms. The van der Waals surface area contributed by atoms with E-state index in [0.29, 0.717) is 37.9 Å². The van der Waals surface area contributed by atoms with Crippen LogP contribution in [0.1, 0.15) is 33.1 Å². The van der Waals surface area contributed by atoms with Crippen molar-refractivity contribution >= 4 is 15.9 Å². The largest absolute Gasteiger partial charge is 0.356 e. The normalized spacial score (nSPS) is 19.1. The third kappa shape index (κ3) is 5.35. The number of amides is 1. The van der Waals surface area contributed by atoms with Crippen molar-refractivity contribution in [3.05, 3.63) is 0 Å². The van der Waals surface area contributed by atoms with Gasteiger partial charge in [0.25, 0.3) is 0 Å². The predicted molar refractivity (Wildman–Crippen MR) is 71.6 cm³/mol. The van der Waals surface area contributed by atoms with E-state index in [1.54, 1.807) is 0 Å². The van der Waals surface area contributed by atoms with Crippen molar-refractivity contribution in [2.45, 2.75) is 33.1 Å². The molecule has 1 amide bonds. The number of sulfonamides is 1. The Kier molecular flexibility index (Phi) is 5.59. The molecule has 6 heteroatoms. The fourth-order valence-electron chi connectivity index (χ4n) is 2.15. The standard InChI is InChI=1S/C12H24N2O3S/c1-10(2)8-12(15)13-9-11-4-6-14(7-5-11)18(3,16)17/h10-11H,4-9H2,1-3H3,(H,13,15). The van der Waals surface area contributed by atoms with Crippen LogP contribution in [0.4, 0.5) is 0 Å². The van der Waals surface area contributed by atoms with Gasteiger partial charge in [-0.3, -0.25) is 4.79 Å². The molecule has 1 fully saturated rings. The molecule has 0 aromatic rings. The van der Waals surface area contributed by atoms with E-state index in [1.807, 2.05) is 13.8 Å². The zero-order valence-electron chi connectivity index (χ0n) is 11.5. The van der Waals surface area contributed by atoms with E-state index in [-0.39, 0.29) is 5.91 Å². The Morgan fingerprint density at radius 2 is 1.89 bits per heavy atom. The molecule has 1 aliphatic heterocycles. The van der Waals surface area contributed by atoms with Gasteiger partial charge in [-0.05, 0) is 24.7 Å². The summed E-state index contributed by atoms with van der Waals surface area (Å²) in [5.41, 5.74) is 0.